The molecule has 0 bridgehead atoms. The molecule has 0 radical (unpaired) electrons. The fourth-order valence-corrected chi connectivity index (χ4v) is 2.39. The van der Waals surface area contributed by atoms with Gasteiger partial charge in [0.2, 0.25) is 0 Å². The maximum Gasteiger partial charge on any atom is 0.293 e. The summed E-state index contributed by atoms with van der Waals surface area (Å²) in [5.41, 5.74) is 1.09. The number of fused-ring (bicyclic) bond motifs is 1. The van der Waals surface area contributed by atoms with E-state index in [-0.39, 0.29) is 18.0 Å². The summed E-state index contributed by atoms with van der Waals surface area (Å²) in [4.78, 5) is 22.9. The van der Waals surface area contributed by atoms with Crippen LogP contribution in [-0.4, -0.2) is 15.3 Å². The quantitative estimate of drug-likeness (QED) is 0.418. The molecule has 0 aliphatic rings. The molecule has 0 unspecified atom stereocenters. The maximum atomic E-state index is 12.2. The summed E-state index contributed by atoms with van der Waals surface area (Å²) < 4.78 is 1.63. The molecular formula is C16H12N2O3. The van der Waals surface area contributed by atoms with Crippen molar-refractivity contribution < 1.29 is 9.72 Å². The number of nitro benzene ring substituents is 1. The number of nitrogens with zero attached hydrogens (tertiary/aromatic N) is 2. The van der Waals surface area contributed by atoms with Crippen molar-refractivity contribution in [2.24, 2.45) is 0 Å². The van der Waals surface area contributed by atoms with Gasteiger partial charge in [-0.2, -0.15) is 0 Å². The average Bonchev–Trinajstić information content (AvgIpc) is 2.91. The van der Waals surface area contributed by atoms with Gasteiger partial charge in [0, 0.05) is 23.2 Å². The predicted octanol–water partition coefficient (Wildman–Crippen LogP) is 3.43. The molecule has 21 heavy (non-hydrogen) atoms. The largest absolute Gasteiger partial charge is 0.334 e. The van der Waals surface area contributed by atoms with Gasteiger partial charge in [-0.1, -0.05) is 42.5 Å². The topological polar surface area (TPSA) is 65.1 Å². The third-order valence-corrected chi connectivity index (χ3v) is 3.37. The fourth-order valence-electron chi connectivity index (χ4n) is 2.39. The molecule has 3 aromatic rings. The SMILES string of the molecule is O=C(Cn1ccc2cccc([N+](=O)[O-])c21)c1ccccc1. The van der Waals surface area contributed by atoms with Crippen LogP contribution in [0, 0.1) is 10.1 Å². The number of carbonyl (C=O) groups is 1. The van der Waals surface area contributed by atoms with E-state index < -0.39 is 4.92 Å². The summed E-state index contributed by atoms with van der Waals surface area (Å²) in [6.45, 7) is 0.0817. The first-order chi connectivity index (χ1) is 10.2. The number of ketones is 1. The normalized spacial score (nSPS) is 10.7. The average molecular weight is 280 g/mol. The first-order valence-corrected chi connectivity index (χ1v) is 6.47. The van der Waals surface area contributed by atoms with E-state index in [2.05, 4.69) is 0 Å². The van der Waals surface area contributed by atoms with Crippen molar-refractivity contribution in [3.05, 3.63) is 76.5 Å². The second-order valence-corrected chi connectivity index (χ2v) is 4.70. The van der Waals surface area contributed by atoms with Gasteiger partial charge in [-0.15, -0.1) is 0 Å². The lowest BCUT2D eigenvalue weighted by Crippen LogP contribution is -2.10. The third kappa shape index (κ3) is 2.41. The summed E-state index contributed by atoms with van der Waals surface area (Å²) in [6, 6.07) is 15.6. The monoisotopic (exact) mass is 280 g/mol. The van der Waals surface area contributed by atoms with Crippen LogP contribution in [0.4, 0.5) is 5.69 Å². The zero-order valence-electron chi connectivity index (χ0n) is 11.1. The highest BCUT2D eigenvalue weighted by Crippen LogP contribution is 2.26. The van der Waals surface area contributed by atoms with Crippen molar-refractivity contribution in [2.75, 3.05) is 0 Å². The zero-order valence-corrected chi connectivity index (χ0v) is 11.1. The molecule has 5 heteroatoms. The zero-order chi connectivity index (χ0) is 14.8. The van der Waals surface area contributed by atoms with Gasteiger partial charge in [0.25, 0.3) is 5.69 Å². The summed E-state index contributed by atoms with van der Waals surface area (Å²) in [7, 11) is 0. The van der Waals surface area contributed by atoms with Crippen LogP contribution in [0.2, 0.25) is 0 Å². The molecule has 0 saturated carbocycles. The van der Waals surface area contributed by atoms with Crippen LogP contribution >= 0.6 is 0 Å². The van der Waals surface area contributed by atoms with Crippen LogP contribution in [-0.2, 0) is 6.54 Å². The number of Topliss-reactive ketones (excluding diaryl/α,β-unsaturated/α-hetero) is 1. The molecule has 0 atom stereocenters. The van der Waals surface area contributed by atoms with Crippen molar-refractivity contribution in [3.63, 3.8) is 0 Å². The molecule has 0 spiro atoms. The number of hydrogen-bond acceptors (Lipinski definition) is 3. The van der Waals surface area contributed by atoms with E-state index in [1.165, 1.54) is 6.07 Å². The molecule has 1 aromatic heterocycles. The number of nitro groups is 1. The molecule has 0 aliphatic carbocycles. The van der Waals surface area contributed by atoms with Crippen molar-refractivity contribution in [1.29, 1.82) is 0 Å². The molecule has 0 aliphatic heterocycles. The Bertz CT molecular complexity index is 822. The van der Waals surface area contributed by atoms with Crippen LogP contribution < -0.4 is 0 Å². The molecule has 3 rings (SSSR count). The summed E-state index contributed by atoms with van der Waals surface area (Å²) in [5.74, 6) is -0.0775. The Kier molecular flexibility index (Phi) is 3.23. The minimum absolute atomic E-state index is 0.0124. The highest BCUT2D eigenvalue weighted by atomic mass is 16.6. The van der Waals surface area contributed by atoms with Gasteiger partial charge in [-0.25, -0.2) is 0 Å². The second-order valence-electron chi connectivity index (χ2n) is 4.70. The van der Waals surface area contributed by atoms with Crippen molar-refractivity contribution in [2.45, 2.75) is 6.54 Å². The van der Waals surface area contributed by atoms with E-state index in [1.807, 2.05) is 6.07 Å². The molecule has 2 aromatic carbocycles. The van der Waals surface area contributed by atoms with E-state index in [4.69, 9.17) is 0 Å². The Morgan fingerprint density at radius 1 is 1.05 bits per heavy atom. The highest BCUT2D eigenvalue weighted by Gasteiger charge is 2.17. The molecular weight excluding hydrogens is 268 g/mol. The van der Waals surface area contributed by atoms with E-state index >= 15 is 0 Å². The van der Waals surface area contributed by atoms with Crippen molar-refractivity contribution in [3.8, 4) is 0 Å². The Morgan fingerprint density at radius 3 is 2.52 bits per heavy atom. The molecule has 104 valence electrons. The van der Waals surface area contributed by atoms with Gasteiger partial charge in [0.1, 0.15) is 5.52 Å². The predicted molar refractivity (Wildman–Crippen MR) is 79.4 cm³/mol. The standard InChI is InChI=1S/C16H12N2O3/c19-15(12-5-2-1-3-6-12)11-17-10-9-13-7-4-8-14(16(13)17)18(20)21/h1-10H,11H2. The first kappa shape index (κ1) is 13.1. The minimum Gasteiger partial charge on any atom is -0.334 e. The van der Waals surface area contributed by atoms with Gasteiger partial charge < -0.3 is 4.57 Å². The van der Waals surface area contributed by atoms with E-state index in [0.717, 1.165) is 5.39 Å². The van der Waals surface area contributed by atoms with Crippen LogP contribution in [0.15, 0.2) is 60.8 Å². The second kappa shape index (κ2) is 5.20. The van der Waals surface area contributed by atoms with Crippen LogP contribution in [0.3, 0.4) is 0 Å². The number of para-hydroxylation sites is 1. The lowest BCUT2D eigenvalue weighted by atomic mass is 10.1. The van der Waals surface area contributed by atoms with Gasteiger partial charge in [-0.3, -0.25) is 14.9 Å². The van der Waals surface area contributed by atoms with Crippen LogP contribution in [0.1, 0.15) is 10.4 Å². The number of non-ortho nitro benzene ring substituents is 1. The molecule has 0 N–H and O–H groups in total. The summed E-state index contributed by atoms with van der Waals surface area (Å²) in [5, 5.41) is 11.9. The Labute approximate surface area is 120 Å². The lowest BCUT2D eigenvalue weighted by Gasteiger charge is -2.05. The van der Waals surface area contributed by atoms with Crippen molar-refractivity contribution >= 4 is 22.4 Å². The maximum absolute atomic E-state index is 12.2. The molecule has 1 heterocycles. The Morgan fingerprint density at radius 2 is 1.81 bits per heavy atom. The minimum atomic E-state index is -0.425. The Balaban J connectivity index is 2.02. The molecule has 5 nitrogen and oxygen atoms in total. The van der Waals surface area contributed by atoms with Crippen LogP contribution in [0.25, 0.3) is 10.9 Å². The Hall–Kier alpha value is -2.95. The molecule has 0 fully saturated rings. The fraction of sp³-hybridized carbons (Fsp3) is 0.0625. The van der Waals surface area contributed by atoms with Crippen LogP contribution in [0.5, 0.6) is 0 Å². The number of carbonyl (C=O) groups excluding carboxylic acids is 1. The summed E-state index contributed by atoms with van der Waals surface area (Å²) >= 11 is 0. The van der Waals surface area contributed by atoms with E-state index in [9.17, 15) is 14.9 Å². The number of rotatable bonds is 4. The highest BCUT2D eigenvalue weighted by molar-refractivity contribution is 5.97. The van der Waals surface area contributed by atoms with Gasteiger partial charge in [0.05, 0.1) is 11.5 Å². The lowest BCUT2D eigenvalue weighted by molar-refractivity contribution is -0.383. The van der Waals surface area contributed by atoms with Crippen molar-refractivity contribution in [1.82, 2.24) is 4.57 Å². The first-order valence-electron chi connectivity index (χ1n) is 6.47. The van der Waals surface area contributed by atoms with E-state index in [1.54, 1.807) is 53.2 Å². The number of benzene rings is 2. The van der Waals surface area contributed by atoms with E-state index in [0.29, 0.717) is 11.1 Å². The summed E-state index contributed by atoms with van der Waals surface area (Å²) in [6.07, 6.45) is 1.71. The number of hydrogen-bond donors (Lipinski definition) is 0. The van der Waals surface area contributed by atoms with Gasteiger partial charge >= 0.3 is 0 Å². The molecule has 0 amide bonds. The third-order valence-electron chi connectivity index (χ3n) is 3.37. The smallest absolute Gasteiger partial charge is 0.293 e. The van der Waals surface area contributed by atoms with Gasteiger partial charge in [0.15, 0.2) is 5.78 Å². The number of aromatic nitrogens is 1. The molecule has 0 saturated heterocycles. The van der Waals surface area contributed by atoms with Gasteiger partial charge in [-0.05, 0) is 6.07 Å².